The number of aliphatic imine (C=N–C) groups is 1. The van der Waals surface area contributed by atoms with Crippen molar-refractivity contribution in [3.05, 3.63) is 52.0 Å². The number of β-amino-alcohol motifs (C(OH)–C–C–N with tert-alkyl or cyclic N) is 1. The number of aliphatic hydroxyl groups is 1. The molecule has 8 heteroatoms. The molecule has 0 aliphatic carbocycles. The van der Waals surface area contributed by atoms with Gasteiger partial charge in [-0.05, 0) is 25.8 Å². The normalized spacial score (nSPS) is 17.3. The molecule has 0 spiro atoms. The number of hydrogen-bond donors (Lipinski definition) is 3. The van der Waals surface area contributed by atoms with Crippen molar-refractivity contribution in [1.29, 1.82) is 0 Å². The lowest BCUT2D eigenvalue weighted by atomic mass is 10.1. The van der Waals surface area contributed by atoms with Crippen LogP contribution in [-0.4, -0.2) is 72.5 Å². The first-order valence-electron chi connectivity index (χ1n) is 11.1. The van der Waals surface area contributed by atoms with Gasteiger partial charge in [-0.2, -0.15) is 0 Å². The van der Waals surface area contributed by atoms with Gasteiger partial charge in [0.15, 0.2) is 5.96 Å². The third-order valence-corrected chi connectivity index (χ3v) is 6.08. The first-order chi connectivity index (χ1) is 15.0. The maximum absolute atomic E-state index is 10.8. The summed E-state index contributed by atoms with van der Waals surface area (Å²) < 4.78 is 5.38. The highest BCUT2D eigenvalue weighted by molar-refractivity contribution is 7.09. The van der Waals surface area contributed by atoms with Gasteiger partial charge in [-0.3, -0.25) is 4.90 Å². The second-order valence-electron chi connectivity index (χ2n) is 8.15. The molecule has 1 unspecified atom stereocenters. The number of hydrogen-bond acceptors (Lipinski definition) is 6. The molecule has 1 aromatic carbocycles. The van der Waals surface area contributed by atoms with Gasteiger partial charge >= 0.3 is 0 Å². The van der Waals surface area contributed by atoms with Crippen LogP contribution in [0.5, 0.6) is 0 Å². The molecule has 0 saturated carbocycles. The fraction of sp³-hybridized carbons (Fsp3) is 0.565. The van der Waals surface area contributed by atoms with Gasteiger partial charge in [0, 0.05) is 44.5 Å². The van der Waals surface area contributed by atoms with Crippen LogP contribution in [0.3, 0.4) is 0 Å². The summed E-state index contributed by atoms with van der Waals surface area (Å²) in [6.07, 6.45) is 1.95. The van der Waals surface area contributed by atoms with Gasteiger partial charge in [-0.1, -0.05) is 30.3 Å². The molecular formula is C23H35N5O2S. The van der Waals surface area contributed by atoms with E-state index < -0.39 is 5.60 Å². The topological polar surface area (TPSA) is 82.0 Å². The number of nitrogens with zero attached hydrogens (tertiary/aromatic N) is 3. The first-order valence-corrected chi connectivity index (χ1v) is 11.9. The molecule has 0 radical (unpaired) electrons. The number of benzene rings is 1. The van der Waals surface area contributed by atoms with Crippen LogP contribution in [-0.2, 0) is 24.1 Å². The first kappa shape index (κ1) is 23.7. The summed E-state index contributed by atoms with van der Waals surface area (Å²) >= 11 is 1.69. The molecule has 1 fully saturated rings. The zero-order valence-corrected chi connectivity index (χ0v) is 19.5. The Morgan fingerprint density at radius 3 is 2.74 bits per heavy atom. The summed E-state index contributed by atoms with van der Waals surface area (Å²) in [5.41, 5.74) is 1.46. The number of aromatic nitrogens is 1. The van der Waals surface area contributed by atoms with E-state index in [9.17, 15) is 5.11 Å². The maximum atomic E-state index is 10.8. The molecule has 1 saturated heterocycles. The Morgan fingerprint density at radius 1 is 1.23 bits per heavy atom. The number of aryl methyl sites for hydroxylation is 2. The molecule has 7 nitrogen and oxygen atoms in total. The molecule has 170 valence electrons. The number of morpholine rings is 1. The fourth-order valence-electron chi connectivity index (χ4n) is 3.51. The van der Waals surface area contributed by atoms with E-state index in [0.29, 0.717) is 25.6 Å². The zero-order valence-electron chi connectivity index (χ0n) is 18.6. The van der Waals surface area contributed by atoms with Crippen molar-refractivity contribution in [2.75, 3.05) is 45.9 Å². The molecule has 0 amide bonds. The van der Waals surface area contributed by atoms with Gasteiger partial charge in [0.25, 0.3) is 0 Å². The highest BCUT2D eigenvalue weighted by Gasteiger charge is 2.25. The van der Waals surface area contributed by atoms with Crippen LogP contribution < -0.4 is 10.6 Å². The fourth-order valence-corrected chi connectivity index (χ4v) is 4.29. The van der Waals surface area contributed by atoms with E-state index in [4.69, 9.17) is 9.72 Å². The lowest BCUT2D eigenvalue weighted by molar-refractivity contribution is -0.0201. The predicted octanol–water partition coefficient (Wildman–Crippen LogP) is 2.07. The van der Waals surface area contributed by atoms with Gasteiger partial charge in [-0.25, -0.2) is 9.98 Å². The monoisotopic (exact) mass is 445 g/mol. The Kier molecular flexibility index (Phi) is 9.27. The Balaban J connectivity index is 1.48. The Hall–Kier alpha value is -2.00. The third kappa shape index (κ3) is 8.57. The minimum atomic E-state index is -0.848. The van der Waals surface area contributed by atoms with Crippen molar-refractivity contribution in [3.63, 3.8) is 0 Å². The number of thiazole rings is 1. The van der Waals surface area contributed by atoms with E-state index >= 15 is 0 Å². The van der Waals surface area contributed by atoms with Gasteiger partial charge in [0.1, 0.15) is 0 Å². The molecular weight excluding hydrogens is 410 g/mol. The highest BCUT2D eigenvalue weighted by Crippen LogP contribution is 2.14. The minimum absolute atomic E-state index is 0.426. The molecule has 1 atom stereocenters. The summed E-state index contributed by atoms with van der Waals surface area (Å²) in [6.45, 7) is 9.39. The van der Waals surface area contributed by atoms with Crippen molar-refractivity contribution in [2.24, 2.45) is 4.99 Å². The molecule has 1 aliphatic heterocycles. The molecule has 3 N–H and O–H groups in total. The predicted molar refractivity (Wildman–Crippen MR) is 127 cm³/mol. The SMILES string of the molecule is CCNC(=NCc1csc(CCc2ccccc2)n1)NCC(C)(O)CN1CCOCC1. The van der Waals surface area contributed by atoms with Crippen LogP contribution in [0.25, 0.3) is 0 Å². The van der Waals surface area contributed by atoms with Crippen molar-refractivity contribution < 1.29 is 9.84 Å². The van der Waals surface area contributed by atoms with E-state index in [1.54, 1.807) is 11.3 Å². The van der Waals surface area contributed by atoms with Gasteiger partial charge in [-0.15, -0.1) is 11.3 Å². The Labute approximate surface area is 189 Å². The number of nitrogens with one attached hydrogen (secondary N) is 2. The van der Waals surface area contributed by atoms with Crippen molar-refractivity contribution in [2.45, 2.75) is 38.8 Å². The molecule has 3 rings (SSSR count). The standard InChI is InChI=1S/C23H35N5O2S/c1-3-24-22(26-17-23(2,29)18-28-11-13-30-14-12-28)25-15-20-16-31-21(27-20)10-9-19-7-5-4-6-8-19/h4-8,16,29H,3,9-15,17-18H2,1-2H3,(H2,24,25,26). The summed E-state index contributed by atoms with van der Waals surface area (Å²) in [5.74, 6) is 0.698. The molecule has 1 aliphatic rings. The summed E-state index contributed by atoms with van der Waals surface area (Å²) in [6, 6.07) is 10.5. The molecule has 31 heavy (non-hydrogen) atoms. The molecule has 0 bridgehead atoms. The number of guanidine groups is 1. The van der Waals surface area contributed by atoms with E-state index in [-0.39, 0.29) is 0 Å². The zero-order chi connectivity index (χ0) is 21.9. The number of ether oxygens (including phenoxy) is 1. The lowest BCUT2D eigenvalue weighted by Crippen LogP contribution is -2.52. The van der Waals surface area contributed by atoms with Crippen LogP contribution in [0, 0.1) is 0 Å². The molecule has 2 heterocycles. The van der Waals surface area contributed by atoms with Crippen molar-refractivity contribution in [1.82, 2.24) is 20.5 Å². The van der Waals surface area contributed by atoms with Gasteiger partial charge < -0.3 is 20.5 Å². The second kappa shape index (κ2) is 12.1. The van der Waals surface area contributed by atoms with E-state index in [0.717, 1.165) is 56.4 Å². The molecule has 2 aromatic rings. The van der Waals surface area contributed by atoms with Crippen LogP contribution in [0.4, 0.5) is 0 Å². The molecule has 1 aromatic heterocycles. The van der Waals surface area contributed by atoms with Gasteiger partial charge in [0.05, 0.1) is 36.1 Å². The van der Waals surface area contributed by atoms with Crippen LogP contribution in [0.1, 0.15) is 30.1 Å². The van der Waals surface area contributed by atoms with Crippen molar-refractivity contribution in [3.8, 4) is 0 Å². The maximum Gasteiger partial charge on any atom is 0.191 e. The van der Waals surface area contributed by atoms with Crippen LogP contribution in [0.15, 0.2) is 40.7 Å². The average Bonchev–Trinajstić information content (AvgIpc) is 3.23. The second-order valence-corrected chi connectivity index (χ2v) is 9.10. The highest BCUT2D eigenvalue weighted by atomic mass is 32.1. The summed E-state index contributed by atoms with van der Waals surface area (Å²) in [7, 11) is 0. The number of rotatable bonds is 10. The van der Waals surface area contributed by atoms with E-state index in [1.807, 2.05) is 19.9 Å². The Bertz CT molecular complexity index is 803. The van der Waals surface area contributed by atoms with Gasteiger partial charge in [0.2, 0.25) is 0 Å². The van der Waals surface area contributed by atoms with Crippen LogP contribution >= 0.6 is 11.3 Å². The third-order valence-electron chi connectivity index (χ3n) is 5.12. The minimum Gasteiger partial charge on any atom is -0.387 e. The average molecular weight is 446 g/mol. The van der Waals surface area contributed by atoms with E-state index in [1.165, 1.54) is 5.56 Å². The summed E-state index contributed by atoms with van der Waals surface area (Å²) in [4.78, 5) is 11.6. The quantitative estimate of drug-likeness (QED) is 0.384. The summed E-state index contributed by atoms with van der Waals surface area (Å²) in [5, 5.41) is 20.5. The smallest absolute Gasteiger partial charge is 0.191 e. The van der Waals surface area contributed by atoms with Crippen molar-refractivity contribution >= 4 is 17.3 Å². The largest absolute Gasteiger partial charge is 0.387 e. The Morgan fingerprint density at radius 2 is 2.00 bits per heavy atom. The van der Waals surface area contributed by atoms with E-state index in [2.05, 4.69) is 50.2 Å². The van der Waals surface area contributed by atoms with Crippen LogP contribution in [0.2, 0.25) is 0 Å². The lowest BCUT2D eigenvalue weighted by Gasteiger charge is -2.34.